The van der Waals surface area contributed by atoms with Gasteiger partial charge in [0.2, 0.25) is 0 Å². The maximum Gasteiger partial charge on any atom is 0.401 e. The Labute approximate surface area is 267 Å². The summed E-state index contributed by atoms with van der Waals surface area (Å²) in [6, 6.07) is 9.85. The van der Waals surface area contributed by atoms with Gasteiger partial charge in [-0.3, -0.25) is 9.69 Å². The maximum absolute atomic E-state index is 14.5. The van der Waals surface area contributed by atoms with Crippen LogP contribution in [0.25, 0.3) is 10.8 Å². The zero-order valence-electron chi connectivity index (χ0n) is 25.0. The molecule has 1 amide bonds. The van der Waals surface area contributed by atoms with Crippen molar-refractivity contribution in [3.05, 3.63) is 64.8 Å². The number of carbonyl (C=O) groups excluding carboxylic acids is 1. The summed E-state index contributed by atoms with van der Waals surface area (Å²) >= 11 is 6.41. The Morgan fingerprint density at radius 1 is 1.20 bits per heavy atom. The van der Waals surface area contributed by atoms with Crippen molar-refractivity contribution in [2.75, 3.05) is 62.7 Å². The predicted octanol–water partition coefficient (Wildman–Crippen LogP) is 5.27. The number of alkyl halides is 3. The zero-order valence-corrected chi connectivity index (χ0v) is 25.7. The van der Waals surface area contributed by atoms with Crippen LogP contribution >= 0.6 is 11.6 Å². The molecule has 0 bridgehead atoms. The Morgan fingerprint density at radius 2 is 1.98 bits per heavy atom. The molecular formula is C31H31ClF5N7O2. The number of piperazine rings is 1. The van der Waals surface area contributed by atoms with E-state index in [1.807, 2.05) is 34.1 Å². The minimum absolute atomic E-state index is 0.00110. The molecule has 5 rings (SSSR count). The van der Waals surface area contributed by atoms with Gasteiger partial charge in [0.25, 0.3) is 5.91 Å². The molecule has 0 N–H and O–H groups in total. The van der Waals surface area contributed by atoms with Crippen LogP contribution in [0, 0.1) is 17.1 Å². The van der Waals surface area contributed by atoms with E-state index in [0.717, 1.165) is 15.8 Å². The van der Waals surface area contributed by atoms with Gasteiger partial charge in [0.1, 0.15) is 18.2 Å². The summed E-state index contributed by atoms with van der Waals surface area (Å²) < 4.78 is 72.5. The van der Waals surface area contributed by atoms with Crippen molar-refractivity contribution in [3.63, 3.8) is 0 Å². The van der Waals surface area contributed by atoms with Gasteiger partial charge >= 0.3 is 12.2 Å². The number of hydrogen-bond donors (Lipinski definition) is 0. The number of carbonyl (C=O) groups is 1. The van der Waals surface area contributed by atoms with Gasteiger partial charge < -0.3 is 19.4 Å². The molecule has 2 aliphatic rings. The molecule has 1 unspecified atom stereocenters. The molecule has 9 nitrogen and oxygen atoms in total. The van der Waals surface area contributed by atoms with Gasteiger partial charge in [-0.25, -0.2) is 8.78 Å². The standard InChI is InChI=1S/C31H31ClF5N7O2/c1-19(33)29(45)44-13-12-43(16-21(44)8-10-38)28-22-9-11-42(25-5-3-4-20-6-7-23(34)27(32)26(20)25)17-24(22)39-30(40-28)46-15-14-41(2)18-31(35,36)37/h3-7,21H,1,8-9,11-18H2,2H3. The number of nitrogens with zero attached hydrogens (tertiary/aromatic N) is 7. The Morgan fingerprint density at radius 3 is 2.70 bits per heavy atom. The second kappa shape index (κ2) is 13.6. The normalized spacial score (nSPS) is 16.8. The average Bonchev–Trinajstić information content (AvgIpc) is 3.01. The third kappa shape index (κ3) is 7.26. The molecule has 3 aromatic rings. The molecule has 2 aliphatic heterocycles. The number of ether oxygens (including phenoxy) is 1. The number of halogens is 6. The third-order valence-electron chi connectivity index (χ3n) is 8.03. The Bertz CT molecular complexity index is 1680. The monoisotopic (exact) mass is 663 g/mol. The number of nitriles is 1. The molecule has 15 heteroatoms. The van der Waals surface area contributed by atoms with E-state index >= 15 is 0 Å². The fourth-order valence-electron chi connectivity index (χ4n) is 5.90. The number of hydrogen-bond acceptors (Lipinski definition) is 8. The summed E-state index contributed by atoms with van der Waals surface area (Å²) in [5, 5.41) is 10.7. The topological polar surface area (TPSA) is 88.8 Å². The highest BCUT2D eigenvalue weighted by atomic mass is 35.5. The van der Waals surface area contributed by atoms with Crippen LogP contribution in [-0.2, 0) is 17.8 Å². The predicted molar refractivity (Wildman–Crippen MR) is 163 cm³/mol. The van der Waals surface area contributed by atoms with Crippen LogP contribution in [0.15, 0.2) is 42.7 Å². The summed E-state index contributed by atoms with van der Waals surface area (Å²) in [6.45, 7) is 3.14. The summed E-state index contributed by atoms with van der Waals surface area (Å²) in [4.78, 5) is 28.0. The van der Waals surface area contributed by atoms with Crippen molar-refractivity contribution < 1.29 is 31.5 Å². The van der Waals surface area contributed by atoms with Crippen molar-refractivity contribution in [1.29, 1.82) is 5.26 Å². The first kappa shape index (κ1) is 33.2. The lowest BCUT2D eigenvalue weighted by Gasteiger charge is -2.42. The largest absolute Gasteiger partial charge is 0.462 e. The van der Waals surface area contributed by atoms with E-state index in [0.29, 0.717) is 35.6 Å². The number of fused-ring (bicyclic) bond motifs is 2. The average molecular weight is 664 g/mol. The van der Waals surface area contributed by atoms with E-state index in [9.17, 15) is 32.0 Å². The smallest absolute Gasteiger partial charge is 0.401 e. The fourth-order valence-corrected chi connectivity index (χ4v) is 6.17. The Kier molecular flexibility index (Phi) is 9.83. The molecule has 0 aliphatic carbocycles. The number of likely N-dealkylation sites (N-methyl/N-ethyl adjacent to an activating group) is 1. The van der Waals surface area contributed by atoms with Gasteiger partial charge in [0.05, 0.1) is 42.3 Å². The molecular weight excluding hydrogens is 633 g/mol. The lowest BCUT2D eigenvalue weighted by atomic mass is 10.0. The van der Waals surface area contributed by atoms with Crippen LogP contribution in [0.1, 0.15) is 17.7 Å². The van der Waals surface area contributed by atoms with E-state index in [1.54, 1.807) is 6.07 Å². The highest BCUT2D eigenvalue weighted by molar-refractivity contribution is 6.36. The van der Waals surface area contributed by atoms with Crippen LogP contribution in [0.5, 0.6) is 6.01 Å². The first-order valence-corrected chi connectivity index (χ1v) is 14.9. The number of aromatic nitrogens is 2. The van der Waals surface area contributed by atoms with Gasteiger partial charge in [-0.1, -0.05) is 36.4 Å². The van der Waals surface area contributed by atoms with E-state index in [1.165, 1.54) is 18.0 Å². The minimum atomic E-state index is -4.36. The molecule has 1 aromatic heterocycles. The first-order valence-electron chi connectivity index (χ1n) is 14.5. The summed E-state index contributed by atoms with van der Waals surface area (Å²) in [7, 11) is 1.33. The molecule has 3 heterocycles. The van der Waals surface area contributed by atoms with Crippen LogP contribution in [0.2, 0.25) is 5.02 Å². The van der Waals surface area contributed by atoms with Crippen molar-refractivity contribution in [2.45, 2.75) is 31.6 Å². The van der Waals surface area contributed by atoms with Crippen molar-refractivity contribution in [1.82, 2.24) is 19.8 Å². The molecule has 2 aromatic carbocycles. The molecule has 0 radical (unpaired) electrons. The Balaban J connectivity index is 1.47. The van der Waals surface area contributed by atoms with Gasteiger partial charge in [-0.2, -0.15) is 28.4 Å². The summed E-state index contributed by atoms with van der Waals surface area (Å²) in [5.41, 5.74) is 2.09. The molecule has 1 fully saturated rings. The highest BCUT2D eigenvalue weighted by Crippen LogP contribution is 2.38. The fraction of sp³-hybridized carbons (Fsp3) is 0.419. The number of rotatable bonds is 9. The number of amides is 1. The van der Waals surface area contributed by atoms with Gasteiger partial charge in [-0.15, -0.1) is 0 Å². The SMILES string of the molecule is C=C(F)C(=O)N1CCN(c2nc(OCCN(C)CC(F)(F)F)nc3c2CCN(c2cccc4ccc(F)c(Cl)c24)C3)CC1CC#N. The van der Waals surface area contributed by atoms with Crippen LogP contribution in [0.3, 0.4) is 0 Å². The van der Waals surface area contributed by atoms with Gasteiger partial charge in [0.15, 0.2) is 5.83 Å². The molecule has 1 saturated heterocycles. The first-order chi connectivity index (χ1) is 21.9. The zero-order chi connectivity index (χ0) is 33.2. The Hall–Kier alpha value is -4.22. The summed E-state index contributed by atoms with van der Waals surface area (Å²) in [5.74, 6) is -2.04. The van der Waals surface area contributed by atoms with Crippen LogP contribution < -0.4 is 14.5 Å². The maximum atomic E-state index is 14.5. The number of anilines is 2. The second-order valence-corrected chi connectivity index (χ2v) is 11.6. The summed E-state index contributed by atoms with van der Waals surface area (Å²) in [6.07, 6.45) is -3.95. The van der Waals surface area contributed by atoms with Gasteiger partial charge in [0, 0.05) is 49.4 Å². The second-order valence-electron chi connectivity index (χ2n) is 11.2. The lowest BCUT2D eigenvalue weighted by molar-refractivity contribution is -0.143. The molecule has 244 valence electrons. The number of benzene rings is 2. The highest BCUT2D eigenvalue weighted by Gasteiger charge is 2.35. The molecule has 0 saturated carbocycles. The minimum Gasteiger partial charge on any atom is -0.462 e. The van der Waals surface area contributed by atoms with E-state index in [-0.39, 0.29) is 56.8 Å². The van der Waals surface area contributed by atoms with Crippen molar-refractivity contribution in [2.24, 2.45) is 0 Å². The molecule has 1 atom stereocenters. The van der Waals surface area contributed by atoms with E-state index in [2.05, 4.69) is 16.5 Å². The van der Waals surface area contributed by atoms with Crippen molar-refractivity contribution >= 4 is 39.8 Å². The molecule has 46 heavy (non-hydrogen) atoms. The molecule has 0 spiro atoms. The van der Waals surface area contributed by atoms with E-state index < -0.39 is 36.3 Å². The van der Waals surface area contributed by atoms with Gasteiger partial charge in [-0.05, 0) is 31.0 Å². The quantitative estimate of drug-likeness (QED) is 0.226. The lowest BCUT2D eigenvalue weighted by Crippen LogP contribution is -2.55. The third-order valence-corrected chi connectivity index (χ3v) is 8.40. The van der Waals surface area contributed by atoms with Crippen molar-refractivity contribution in [3.8, 4) is 12.1 Å². The van der Waals surface area contributed by atoms with Crippen LogP contribution in [0.4, 0.5) is 33.5 Å². The van der Waals surface area contributed by atoms with E-state index in [4.69, 9.17) is 16.3 Å². The van der Waals surface area contributed by atoms with Crippen LogP contribution in [-0.4, -0.2) is 90.8 Å².